The minimum absolute atomic E-state index is 0.0277. The maximum atomic E-state index is 12.8. The lowest BCUT2D eigenvalue weighted by Gasteiger charge is -2.16. The van der Waals surface area contributed by atoms with Crippen LogP contribution in [0.25, 0.3) is 0 Å². The summed E-state index contributed by atoms with van der Waals surface area (Å²) < 4.78 is 44.0. The van der Waals surface area contributed by atoms with Gasteiger partial charge in [0.25, 0.3) is 5.91 Å². The van der Waals surface area contributed by atoms with Crippen LogP contribution in [0.1, 0.15) is 18.5 Å². The molecule has 1 atom stereocenters. The highest BCUT2D eigenvalue weighted by molar-refractivity contribution is 7.89. The van der Waals surface area contributed by atoms with Crippen LogP contribution < -0.4 is 24.2 Å². The third-order valence-corrected chi connectivity index (χ3v) is 7.08. The number of amides is 1. The van der Waals surface area contributed by atoms with Gasteiger partial charge in [-0.1, -0.05) is 53.5 Å². The van der Waals surface area contributed by atoms with E-state index in [1.54, 1.807) is 6.92 Å². The summed E-state index contributed by atoms with van der Waals surface area (Å²) in [6.07, 6.45) is 0. The largest absolute Gasteiger partial charge is 0.495 e. The van der Waals surface area contributed by atoms with E-state index in [4.69, 9.17) is 37.4 Å². The van der Waals surface area contributed by atoms with E-state index < -0.39 is 22.0 Å². The lowest BCUT2D eigenvalue weighted by molar-refractivity contribution is -0.118. The number of benzene rings is 3. The summed E-state index contributed by atoms with van der Waals surface area (Å²) in [7, 11) is -0.952. The first-order chi connectivity index (χ1) is 16.6. The predicted molar refractivity (Wildman–Crippen MR) is 135 cm³/mol. The molecule has 3 aromatic carbocycles. The van der Waals surface area contributed by atoms with Crippen LogP contribution in [-0.2, 0) is 14.8 Å². The zero-order valence-corrected chi connectivity index (χ0v) is 21.5. The Labute approximate surface area is 214 Å². The fourth-order valence-electron chi connectivity index (χ4n) is 3.16. The molecule has 0 fully saturated rings. The van der Waals surface area contributed by atoms with Gasteiger partial charge < -0.3 is 19.5 Å². The maximum absolute atomic E-state index is 12.8. The fraction of sp³-hybridized carbons (Fsp3) is 0.208. The first kappa shape index (κ1) is 26.6. The molecule has 0 heterocycles. The highest BCUT2D eigenvalue weighted by Gasteiger charge is 2.20. The minimum atomic E-state index is -3.84. The van der Waals surface area contributed by atoms with E-state index in [1.807, 2.05) is 30.3 Å². The van der Waals surface area contributed by atoms with Gasteiger partial charge in [-0.25, -0.2) is 13.1 Å². The number of sulfonamides is 1. The summed E-state index contributed by atoms with van der Waals surface area (Å²) >= 11 is 12.3. The number of hydrogen-bond donors (Lipinski definition) is 2. The van der Waals surface area contributed by atoms with Gasteiger partial charge in [0.1, 0.15) is 17.2 Å². The van der Waals surface area contributed by atoms with Crippen LogP contribution in [0.4, 0.5) is 5.69 Å². The van der Waals surface area contributed by atoms with Gasteiger partial charge in [-0.3, -0.25) is 4.79 Å². The summed E-state index contributed by atoms with van der Waals surface area (Å²) in [6, 6.07) is 15.8. The number of ether oxygens (including phenoxy) is 3. The van der Waals surface area contributed by atoms with Crippen molar-refractivity contribution in [3.8, 4) is 17.2 Å². The first-order valence-corrected chi connectivity index (χ1v) is 12.6. The van der Waals surface area contributed by atoms with E-state index in [0.29, 0.717) is 22.2 Å². The molecular formula is C24H24Cl2N2O6S. The van der Waals surface area contributed by atoms with Crippen molar-refractivity contribution in [1.29, 1.82) is 0 Å². The minimum Gasteiger partial charge on any atom is -0.495 e. The number of rotatable bonds is 10. The molecule has 3 aromatic rings. The van der Waals surface area contributed by atoms with Crippen molar-refractivity contribution in [3.05, 3.63) is 76.3 Å². The summed E-state index contributed by atoms with van der Waals surface area (Å²) in [5.74, 6) is 0.351. The number of methoxy groups -OCH3 is 2. The van der Waals surface area contributed by atoms with Crippen LogP contribution in [0.2, 0.25) is 10.0 Å². The Bertz CT molecular complexity index is 1300. The molecule has 1 amide bonds. The van der Waals surface area contributed by atoms with Crippen molar-refractivity contribution in [2.45, 2.75) is 17.9 Å². The standard InChI is InChI=1S/C24H24Cl2N2O6S/c1-15(16-7-5-4-6-8-16)28-35(30,31)17-9-10-21(18(25)11-17)34-14-24(29)27-20-13-22(32-2)19(26)12-23(20)33-3/h4-13,15,28H,14H2,1-3H3,(H,27,29)/t15-/m1/s1. The molecular weight excluding hydrogens is 515 g/mol. The molecule has 0 spiro atoms. The topological polar surface area (TPSA) is 103 Å². The SMILES string of the molecule is COc1cc(NC(=O)COc2ccc(S(=O)(=O)N[C@H](C)c3ccccc3)cc2Cl)c(OC)cc1Cl. The molecule has 35 heavy (non-hydrogen) atoms. The van der Waals surface area contributed by atoms with E-state index in [1.165, 1.54) is 44.6 Å². The van der Waals surface area contributed by atoms with E-state index >= 15 is 0 Å². The second-order valence-corrected chi connectivity index (χ2v) is 9.90. The van der Waals surface area contributed by atoms with Crippen LogP contribution in [0, 0.1) is 0 Å². The quantitative estimate of drug-likeness (QED) is 0.373. The molecule has 0 unspecified atom stereocenters. The predicted octanol–water partition coefficient (Wildman–Crippen LogP) is 5.07. The molecule has 0 saturated carbocycles. The fourth-order valence-corrected chi connectivity index (χ4v) is 4.95. The number of carbonyl (C=O) groups excluding carboxylic acids is 1. The molecule has 8 nitrogen and oxygen atoms in total. The molecule has 0 bridgehead atoms. The number of halogens is 2. The van der Waals surface area contributed by atoms with Crippen molar-refractivity contribution in [2.24, 2.45) is 0 Å². The Morgan fingerprint density at radius 1 is 0.914 bits per heavy atom. The van der Waals surface area contributed by atoms with E-state index in [2.05, 4.69) is 10.0 Å². The summed E-state index contributed by atoms with van der Waals surface area (Å²) in [5, 5.41) is 3.02. The third kappa shape index (κ3) is 6.79. The normalized spacial score (nSPS) is 12.0. The van der Waals surface area contributed by atoms with Crippen LogP contribution in [-0.4, -0.2) is 35.2 Å². The Kier molecular flexibility index (Phi) is 8.85. The Hall–Kier alpha value is -2.98. The number of carbonyl (C=O) groups is 1. The van der Waals surface area contributed by atoms with E-state index in [-0.39, 0.29) is 22.3 Å². The Balaban J connectivity index is 1.66. The summed E-state index contributed by atoms with van der Waals surface area (Å²) in [6.45, 7) is 1.36. The molecule has 0 saturated heterocycles. The van der Waals surface area contributed by atoms with Gasteiger partial charge in [0.05, 0.1) is 34.8 Å². The van der Waals surface area contributed by atoms with Crippen molar-refractivity contribution < 1.29 is 27.4 Å². The van der Waals surface area contributed by atoms with Gasteiger partial charge in [0.15, 0.2) is 6.61 Å². The maximum Gasteiger partial charge on any atom is 0.262 e. The number of hydrogen-bond acceptors (Lipinski definition) is 6. The van der Waals surface area contributed by atoms with E-state index in [9.17, 15) is 13.2 Å². The molecule has 0 aliphatic heterocycles. The zero-order chi connectivity index (χ0) is 25.6. The number of anilines is 1. The van der Waals surface area contributed by atoms with Crippen molar-refractivity contribution in [1.82, 2.24) is 4.72 Å². The molecule has 186 valence electrons. The van der Waals surface area contributed by atoms with Gasteiger partial charge >= 0.3 is 0 Å². The molecule has 0 aliphatic carbocycles. The smallest absolute Gasteiger partial charge is 0.262 e. The van der Waals surface area contributed by atoms with Gasteiger partial charge in [0.2, 0.25) is 10.0 Å². The summed E-state index contributed by atoms with van der Waals surface area (Å²) in [4.78, 5) is 12.4. The highest BCUT2D eigenvalue weighted by Crippen LogP contribution is 2.36. The molecule has 3 rings (SSSR count). The highest BCUT2D eigenvalue weighted by atomic mass is 35.5. The average molecular weight is 539 g/mol. The van der Waals surface area contributed by atoms with Gasteiger partial charge in [-0.05, 0) is 30.7 Å². The molecule has 0 aromatic heterocycles. The molecule has 2 N–H and O–H groups in total. The number of nitrogens with one attached hydrogen (secondary N) is 2. The van der Waals surface area contributed by atoms with Crippen molar-refractivity contribution in [3.63, 3.8) is 0 Å². The summed E-state index contributed by atoms with van der Waals surface area (Å²) in [5.41, 5.74) is 1.16. The zero-order valence-electron chi connectivity index (χ0n) is 19.2. The Morgan fingerprint density at radius 3 is 2.20 bits per heavy atom. The molecule has 11 heteroatoms. The van der Waals surface area contributed by atoms with Crippen LogP contribution >= 0.6 is 23.2 Å². The van der Waals surface area contributed by atoms with Crippen LogP contribution in [0.5, 0.6) is 17.2 Å². The molecule has 0 aliphatic rings. The van der Waals surface area contributed by atoms with Crippen molar-refractivity contribution >= 4 is 44.8 Å². The van der Waals surface area contributed by atoms with E-state index in [0.717, 1.165) is 5.56 Å². The van der Waals surface area contributed by atoms with Crippen LogP contribution in [0.15, 0.2) is 65.6 Å². The first-order valence-electron chi connectivity index (χ1n) is 10.4. The monoisotopic (exact) mass is 538 g/mol. The average Bonchev–Trinajstić information content (AvgIpc) is 2.84. The lowest BCUT2D eigenvalue weighted by Crippen LogP contribution is -2.27. The molecule has 0 radical (unpaired) electrons. The van der Waals surface area contributed by atoms with Gasteiger partial charge in [-0.2, -0.15) is 0 Å². The second kappa shape index (κ2) is 11.6. The van der Waals surface area contributed by atoms with Gasteiger partial charge in [-0.15, -0.1) is 0 Å². The Morgan fingerprint density at radius 2 is 1.57 bits per heavy atom. The van der Waals surface area contributed by atoms with Crippen molar-refractivity contribution in [2.75, 3.05) is 26.1 Å². The van der Waals surface area contributed by atoms with Crippen LogP contribution in [0.3, 0.4) is 0 Å². The third-order valence-electron chi connectivity index (χ3n) is 4.95. The van der Waals surface area contributed by atoms with Gasteiger partial charge in [0, 0.05) is 18.2 Å². The second-order valence-electron chi connectivity index (χ2n) is 7.37. The lowest BCUT2D eigenvalue weighted by atomic mass is 10.1.